The van der Waals surface area contributed by atoms with Gasteiger partial charge in [0, 0.05) is 37.6 Å². The summed E-state index contributed by atoms with van der Waals surface area (Å²) >= 11 is 0. The summed E-state index contributed by atoms with van der Waals surface area (Å²) in [7, 11) is 3.42. The van der Waals surface area contributed by atoms with Gasteiger partial charge in [0.05, 0.1) is 12.4 Å². The number of nitrogens with zero attached hydrogens (tertiary/aromatic N) is 5. The van der Waals surface area contributed by atoms with Gasteiger partial charge < -0.3 is 19.3 Å². The third kappa shape index (κ3) is 5.23. The number of benzene rings is 2. The van der Waals surface area contributed by atoms with Crippen molar-refractivity contribution in [2.24, 2.45) is 0 Å². The molecule has 0 unspecified atom stereocenters. The predicted molar refractivity (Wildman–Crippen MR) is 137 cm³/mol. The van der Waals surface area contributed by atoms with Gasteiger partial charge in [-0.05, 0) is 49.1 Å². The molecule has 2 aromatic carbocycles. The highest BCUT2D eigenvalue weighted by atomic mass is 16.7. The highest BCUT2D eigenvalue weighted by molar-refractivity contribution is 5.80. The molecule has 0 spiro atoms. The van der Waals surface area contributed by atoms with Crippen molar-refractivity contribution in [3.63, 3.8) is 0 Å². The molecule has 8 heteroatoms. The number of hydrogen-bond donors (Lipinski definition) is 1. The van der Waals surface area contributed by atoms with Crippen molar-refractivity contribution < 1.29 is 9.47 Å². The maximum atomic E-state index is 5.73. The molecule has 1 aliphatic heterocycles. The highest BCUT2D eigenvalue weighted by Crippen LogP contribution is 2.37. The summed E-state index contributed by atoms with van der Waals surface area (Å²) in [6.45, 7) is 10.5. The van der Waals surface area contributed by atoms with Gasteiger partial charge in [-0.15, -0.1) is 10.2 Å². The number of nitrogens with one attached hydrogen (secondary N) is 1. The van der Waals surface area contributed by atoms with Crippen LogP contribution in [0.25, 0.3) is 22.5 Å². The van der Waals surface area contributed by atoms with Crippen molar-refractivity contribution in [2.45, 2.75) is 58.9 Å². The van der Waals surface area contributed by atoms with Crippen molar-refractivity contribution in [1.82, 2.24) is 30.4 Å². The molecular formula is C27H36N6O2. The minimum atomic E-state index is -0.384. The second-order valence-corrected chi connectivity index (χ2v) is 9.80. The van der Waals surface area contributed by atoms with Crippen LogP contribution in [0.15, 0.2) is 59.9 Å². The first-order valence-electron chi connectivity index (χ1n) is 12.1. The third-order valence-electron chi connectivity index (χ3n) is 6.38. The van der Waals surface area contributed by atoms with Gasteiger partial charge in [0.15, 0.2) is 6.29 Å². The van der Waals surface area contributed by atoms with Crippen LogP contribution in [0.5, 0.6) is 0 Å². The molecule has 0 atom stereocenters. The van der Waals surface area contributed by atoms with Crippen LogP contribution < -0.4 is 0 Å². The minimum absolute atomic E-state index is 0.0545. The second kappa shape index (κ2) is 10.6. The molecule has 2 heterocycles. The first-order valence-corrected chi connectivity index (χ1v) is 12.1. The summed E-state index contributed by atoms with van der Waals surface area (Å²) in [5.41, 5.74) is 6.78. The van der Waals surface area contributed by atoms with Crippen LogP contribution in [0, 0.1) is 0 Å². The Morgan fingerprint density at radius 1 is 1.00 bits per heavy atom. The van der Waals surface area contributed by atoms with Gasteiger partial charge in [-0.25, -0.2) is 0 Å². The molecule has 1 N–H and O–H groups in total. The molecule has 0 saturated carbocycles. The van der Waals surface area contributed by atoms with E-state index in [0.29, 0.717) is 5.82 Å². The lowest BCUT2D eigenvalue weighted by Crippen LogP contribution is -2.44. The number of ether oxygens (including phenoxy) is 2. The number of methoxy groups -OCH3 is 2. The Bertz CT molecular complexity index is 1130. The van der Waals surface area contributed by atoms with Crippen LogP contribution in [0.3, 0.4) is 0 Å². The molecule has 35 heavy (non-hydrogen) atoms. The van der Waals surface area contributed by atoms with Crippen molar-refractivity contribution >= 4 is 0 Å². The number of rotatable bonds is 9. The molecule has 0 saturated heterocycles. The first kappa shape index (κ1) is 24.9. The molecule has 0 aliphatic carbocycles. The van der Waals surface area contributed by atoms with E-state index in [1.807, 2.05) is 18.2 Å². The van der Waals surface area contributed by atoms with Crippen molar-refractivity contribution in [2.75, 3.05) is 20.9 Å². The lowest BCUT2D eigenvalue weighted by Gasteiger charge is -2.38. The molecule has 0 radical (unpaired) electrons. The zero-order valence-electron chi connectivity index (χ0n) is 21.6. The normalized spacial score (nSPS) is 14.5. The average Bonchev–Trinajstić information content (AvgIpc) is 3.50. The zero-order valence-corrected chi connectivity index (χ0v) is 21.6. The Labute approximate surface area is 207 Å². The summed E-state index contributed by atoms with van der Waals surface area (Å²) in [6.07, 6.45) is 1.64. The summed E-state index contributed by atoms with van der Waals surface area (Å²) in [6, 6.07) is 16.9. The number of hydrogen-bond acceptors (Lipinski definition) is 7. The maximum absolute atomic E-state index is 5.73. The fraction of sp³-hybridized carbons (Fsp3) is 0.444. The topological polar surface area (TPSA) is 79.4 Å². The van der Waals surface area contributed by atoms with Crippen molar-refractivity contribution in [3.8, 4) is 22.5 Å². The summed E-state index contributed by atoms with van der Waals surface area (Å²) in [5, 5.41) is 14.6. The van der Waals surface area contributed by atoms with Crippen LogP contribution in [0.2, 0.25) is 0 Å². The Morgan fingerprint density at radius 3 is 2.26 bits per heavy atom. The number of H-pyrrole nitrogens is 1. The quantitative estimate of drug-likeness (QED) is 0.434. The molecular weight excluding hydrogens is 440 g/mol. The van der Waals surface area contributed by atoms with Crippen LogP contribution in [-0.2, 0) is 16.0 Å². The van der Waals surface area contributed by atoms with E-state index in [0.717, 1.165) is 48.4 Å². The van der Waals surface area contributed by atoms with E-state index in [2.05, 4.69) is 88.5 Å². The van der Waals surface area contributed by atoms with E-state index < -0.39 is 0 Å². The summed E-state index contributed by atoms with van der Waals surface area (Å²) in [4.78, 5) is 4.86. The number of aromatic amines is 1. The van der Waals surface area contributed by atoms with Crippen LogP contribution >= 0.6 is 0 Å². The third-order valence-corrected chi connectivity index (χ3v) is 6.38. The SMILES string of the molecule is CCCC1=C(C(OC)OC)N(C(C)(C)C)CN1Cc1ccc(-c2ccccc2-c2nn[nH]n2)cc1. The maximum Gasteiger partial charge on any atom is 0.205 e. The molecule has 3 aromatic rings. The van der Waals surface area contributed by atoms with E-state index >= 15 is 0 Å². The molecule has 0 bridgehead atoms. The Morgan fingerprint density at radius 2 is 1.69 bits per heavy atom. The van der Waals surface area contributed by atoms with Gasteiger partial charge in [-0.1, -0.05) is 61.9 Å². The summed E-state index contributed by atoms with van der Waals surface area (Å²) < 4.78 is 11.5. The molecule has 8 nitrogen and oxygen atoms in total. The molecule has 186 valence electrons. The lowest BCUT2D eigenvalue weighted by atomic mass is 9.98. The van der Waals surface area contributed by atoms with E-state index in [1.165, 1.54) is 11.3 Å². The summed E-state index contributed by atoms with van der Waals surface area (Å²) in [5.74, 6) is 0.594. The van der Waals surface area contributed by atoms with Crippen molar-refractivity contribution in [3.05, 3.63) is 65.5 Å². The minimum Gasteiger partial charge on any atom is -0.351 e. The largest absolute Gasteiger partial charge is 0.351 e. The van der Waals surface area contributed by atoms with Crippen LogP contribution in [0.1, 0.15) is 46.1 Å². The van der Waals surface area contributed by atoms with E-state index in [-0.39, 0.29) is 11.8 Å². The van der Waals surface area contributed by atoms with Gasteiger partial charge in [-0.2, -0.15) is 5.21 Å². The van der Waals surface area contributed by atoms with Gasteiger partial charge >= 0.3 is 0 Å². The van der Waals surface area contributed by atoms with Gasteiger partial charge in [0.2, 0.25) is 5.82 Å². The van der Waals surface area contributed by atoms with Gasteiger partial charge in [0.1, 0.15) is 0 Å². The monoisotopic (exact) mass is 476 g/mol. The standard InChI is InChI=1S/C27H36N6O2/c1-7-10-23-24(26(34-5)35-6)33(27(2,3)4)18-32(23)17-19-13-15-20(16-14-19)21-11-8-9-12-22(21)25-28-30-31-29-25/h8-9,11-16,26H,7,10,17-18H2,1-6H3,(H,28,29,30,31). The fourth-order valence-electron chi connectivity index (χ4n) is 4.69. The van der Waals surface area contributed by atoms with E-state index in [1.54, 1.807) is 14.2 Å². The Balaban J connectivity index is 1.62. The Hall–Kier alpha value is -3.23. The first-order chi connectivity index (χ1) is 16.9. The Kier molecular flexibility index (Phi) is 7.52. The van der Waals surface area contributed by atoms with E-state index in [4.69, 9.17) is 9.47 Å². The van der Waals surface area contributed by atoms with Crippen LogP contribution in [-0.4, -0.2) is 63.1 Å². The second-order valence-electron chi connectivity index (χ2n) is 9.80. The number of allylic oxidation sites excluding steroid dienone is 1. The average molecular weight is 477 g/mol. The highest BCUT2D eigenvalue weighted by Gasteiger charge is 2.38. The fourth-order valence-corrected chi connectivity index (χ4v) is 4.69. The number of tetrazole rings is 1. The molecule has 1 aliphatic rings. The lowest BCUT2D eigenvalue weighted by molar-refractivity contribution is -0.0946. The number of aromatic nitrogens is 4. The van der Waals surface area contributed by atoms with Gasteiger partial charge in [0.25, 0.3) is 0 Å². The molecule has 0 amide bonds. The molecule has 1 aromatic heterocycles. The van der Waals surface area contributed by atoms with Gasteiger partial charge in [-0.3, -0.25) is 0 Å². The van der Waals surface area contributed by atoms with Crippen LogP contribution in [0.4, 0.5) is 0 Å². The molecule has 0 fully saturated rings. The predicted octanol–water partition coefficient (Wildman–Crippen LogP) is 5.04. The molecule has 4 rings (SSSR count). The zero-order chi connectivity index (χ0) is 25.0. The van der Waals surface area contributed by atoms with Crippen molar-refractivity contribution in [1.29, 1.82) is 0 Å². The smallest absolute Gasteiger partial charge is 0.205 e. The van der Waals surface area contributed by atoms with E-state index in [9.17, 15) is 0 Å².